The first-order valence-corrected chi connectivity index (χ1v) is 11.9. The number of nitrogens with zero attached hydrogens (tertiary/aromatic N) is 3. The molecule has 4 heterocycles. The van der Waals surface area contributed by atoms with Gasteiger partial charge in [-0.3, -0.25) is 4.79 Å². The molecule has 6 nitrogen and oxygen atoms in total. The molecule has 4 aliphatic rings. The summed E-state index contributed by atoms with van der Waals surface area (Å²) >= 11 is 0. The molecule has 6 rings (SSSR count). The molecule has 1 saturated carbocycles. The van der Waals surface area contributed by atoms with Gasteiger partial charge in [0, 0.05) is 49.3 Å². The summed E-state index contributed by atoms with van der Waals surface area (Å²) in [5.41, 5.74) is 3.39. The number of amides is 1. The summed E-state index contributed by atoms with van der Waals surface area (Å²) in [6.45, 7) is 1.96. The molecule has 3 fully saturated rings. The third-order valence-corrected chi connectivity index (χ3v) is 7.41. The van der Waals surface area contributed by atoms with Crippen molar-refractivity contribution in [2.45, 2.75) is 63.2 Å². The lowest BCUT2D eigenvalue weighted by atomic mass is 9.85. The number of morpholine rings is 1. The summed E-state index contributed by atoms with van der Waals surface area (Å²) in [5, 5.41) is 3.37. The van der Waals surface area contributed by atoms with Gasteiger partial charge in [-0.05, 0) is 49.9 Å². The van der Waals surface area contributed by atoms with Crippen LogP contribution in [0.4, 0.5) is 31.7 Å². The highest BCUT2D eigenvalue weighted by Crippen LogP contribution is 2.42. The van der Waals surface area contributed by atoms with E-state index in [4.69, 9.17) is 4.74 Å². The Morgan fingerprint density at radius 1 is 1.15 bits per heavy atom. The molecule has 3 atom stereocenters. The van der Waals surface area contributed by atoms with Crippen molar-refractivity contribution in [1.82, 2.24) is 4.98 Å². The zero-order chi connectivity index (χ0) is 22.6. The molecule has 2 unspecified atom stereocenters. The second kappa shape index (κ2) is 7.94. The van der Waals surface area contributed by atoms with Crippen LogP contribution in [0.5, 0.6) is 0 Å². The van der Waals surface area contributed by atoms with Crippen LogP contribution in [-0.4, -0.2) is 42.1 Å². The Labute approximate surface area is 191 Å². The largest absolute Gasteiger partial charge is 0.371 e. The predicted octanol–water partition coefficient (Wildman–Crippen LogP) is 4.86. The number of hydrogen-bond acceptors (Lipinski definition) is 5. The SMILES string of the molecule is O=C([C@@H]1CCCC(F)(F)C1)N1Cc2cccnc2Nc2ccc(N3CC4CCC(C3)O4)cc21. The minimum Gasteiger partial charge on any atom is -0.371 e. The topological polar surface area (TPSA) is 57.7 Å². The van der Waals surface area contributed by atoms with Gasteiger partial charge in [0.2, 0.25) is 11.8 Å². The summed E-state index contributed by atoms with van der Waals surface area (Å²) in [6, 6.07) is 9.82. The van der Waals surface area contributed by atoms with Crippen LogP contribution in [0.15, 0.2) is 36.5 Å². The molecule has 0 radical (unpaired) electrons. The van der Waals surface area contributed by atoms with Gasteiger partial charge in [-0.2, -0.15) is 0 Å². The molecule has 2 saturated heterocycles. The van der Waals surface area contributed by atoms with Crippen molar-refractivity contribution in [3.63, 3.8) is 0 Å². The van der Waals surface area contributed by atoms with Crippen LogP contribution in [0.1, 0.15) is 44.1 Å². The Bertz CT molecular complexity index is 1070. The number of carbonyl (C=O) groups excluding carboxylic acids is 1. The Morgan fingerprint density at radius 3 is 2.76 bits per heavy atom. The highest BCUT2D eigenvalue weighted by molar-refractivity contribution is 6.00. The van der Waals surface area contributed by atoms with E-state index in [1.807, 2.05) is 24.3 Å². The average Bonchev–Trinajstić information content (AvgIpc) is 3.05. The van der Waals surface area contributed by atoms with Gasteiger partial charge >= 0.3 is 0 Å². The molecule has 174 valence electrons. The van der Waals surface area contributed by atoms with Crippen molar-refractivity contribution in [2.24, 2.45) is 5.92 Å². The maximum absolute atomic E-state index is 14.2. The van der Waals surface area contributed by atoms with Crippen molar-refractivity contribution >= 4 is 28.8 Å². The van der Waals surface area contributed by atoms with Gasteiger partial charge in [0.25, 0.3) is 0 Å². The van der Waals surface area contributed by atoms with Crippen LogP contribution in [0.2, 0.25) is 0 Å². The molecule has 2 aromatic rings. The number of nitrogens with one attached hydrogen (secondary N) is 1. The van der Waals surface area contributed by atoms with E-state index in [1.54, 1.807) is 11.1 Å². The van der Waals surface area contributed by atoms with Crippen molar-refractivity contribution in [2.75, 3.05) is 28.2 Å². The maximum Gasteiger partial charge on any atom is 0.248 e. The lowest BCUT2D eigenvalue weighted by Gasteiger charge is -2.35. The van der Waals surface area contributed by atoms with Crippen molar-refractivity contribution in [3.8, 4) is 0 Å². The third-order valence-electron chi connectivity index (χ3n) is 7.41. The Hall–Kier alpha value is -2.74. The van der Waals surface area contributed by atoms with Gasteiger partial charge in [-0.25, -0.2) is 13.8 Å². The van der Waals surface area contributed by atoms with Crippen molar-refractivity contribution < 1.29 is 18.3 Å². The first-order valence-electron chi connectivity index (χ1n) is 11.9. The van der Waals surface area contributed by atoms with E-state index in [-0.39, 0.29) is 31.0 Å². The maximum atomic E-state index is 14.2. The molecular formula is C25H28F2N4O2. The fourth-order valence-electron chi connectivity index (χ4n) is 5.73. The number of pyridine rings is 1. The quantitative estimate of drug-likeness (QED) is 0.702. The second-order valence-corrected chi connectivity index (χ2v) is 9.77. The number of fused-ring (bicyclic) bond motifs is 4. The summed E-state index contributed by atoms with van der Waals surface area (Å²) < 4.78 is 34.3. The van der Waals surface area contributed by atoms with E-state index in [1.165, 1.54) is 0 Å². The normalized spacial score (nSPS) is 27.9. The lowest BCUT2D eigenvalue weighted by Crippen LogP contribution is -2.43. The van der Waals surface area contributed by atoms with Crippen LogP contribution in [-0.2, 0) is 16.1 Å². The highest BCUT2D eigenvalue weighted by Gasteiger charge is 2.42. The average molecular weight is 455 g/mol. The van der Waals surface area contributed by atoms with E-state index in [0.717, 1.165) is 48.6 Å². The van der Waals surface area contributed by atoms with Crippen LogP contribution < -0.4 is 15.1 Å². The standard InChI is InChI=1S/C25H28F2N4O2/c26-25(27)9-1-3-16(12-25)24(32)31-13-17-4-2-10-28-23(17)29-21-8-5-18(11-22(21)31)30-14-19-6-7-20(15-30)33-19/h2,4-5,8,10-11,16,19-20H,1,3,6-7,9,12-15H2,(H,28,29)/t16-,19?,20?/m1/s1. The molecule has 3 aliphatic heterocycles. The number of carbonyl (C=O) groups is 1. The molecule has 8 heteroatoms. The number of aromatic nitrogens is 1. The van der Waals surface area contributed by atoms with Crippen LogP contribution in [0.3, 0.4) is 0 Å². The summed E-state index contributed by atoms with van der Waals surface area (Å²) in [6.07, 6.45) is 4.72. The number of rotatable bonds is 2. The molecule has 1 aromatic heterocycles. The molecule has 1 N–H and O–H groups in total. The molecule has 2 bridgehead atoms. The number of anilines is 4. The van der Waals surface area contributed by atoms with Crippen LogP contribution in [0.25, 0.3) is 0 Å². The first kappa shape index (κ1) is 20.8. The van der Waals surface area contributed by atoms with E-state index in [2.05, 4.69) is 21.3 Å². The summed E-state index contributed by atoms with van der Waals surface area (Å²) in [5.74, 6) is -2.99. The van der Waals surface area contributed by atoms with Gasteiger partial charge in [0.05, 0.1) is 30.1 Å². The van der Waals surface area contributed by atoms with Gasteiger partial charge in [0.1, 0.15) is 5.82 Å². The minimum absolute atomic E-state index is 0.134. The van der Waals surface area contributed by atoms with E-state index in [9.17, 15) is 13.6 Å². The van der Waals surface area contributed by atoms with Crippen molar-refractivity contribution in [1.29, 1.82) is 0 Å². The molecule has 1 amide bonds. The van der Waals surface area contributed by atoms with Gasteiger partial charge < -0.3 is 19.9 Å². The fourth-order valence-corrected chi connectivity index (χ4v) is 5.73. The number of ether oxygens (including phenoxy) is 1. The van der Waals surface area contributed by atoms with E-state index < -0.39 is 11.8 Å². The Balaban J connectivity index is 1.37. The highest BCUT2D eigenvalue weighted by atomic mass is 19.3. The lowest BCUT2D eigenvalue weighted by molar-refractivity contribution is -0.129. The number of alkyl halides is 2. The smallest absolute Gasteiger partial charge is 0.248 e. The van der Waals surface area contributed by atoms with E-state index in [0.29, 0.717) is 25.2 Å². The molecule has 1 aliphatic carbocycles. The zero-order valence-corrected chi connectivity index (χ0v) is 18.5. The minimum atomic E-state index is -2.78. The third kappa shape index (κ3) is 3.94. The van der Waals surface area contributed by atoms with Gasteiger partial charge in [-0.1, -0.05) is 6.07 Å². The molecule has 33 heavy (non-hydrogen) atoms. The summed E-state index contributed by atoms with van der Waals surface area (Å²) in [7, 11) is 0. The number of halogens is 2. The first-order chi connectivity index (χ1) is 15.9. The van der Waals surface area contributed by atoms with Crippen LogP contribution in [0, 0.1) is 5.92 Å². The van der Waals surface area contributed by atoms with Gasteiger partial charge in [0.15, 0.2) is 0 Å². The second-order valence-electron chi connectivity index (χ2n) is 9.77. The van der Waals surface area contributed by atoms with Crippen molar-refractivity contribution in [3.05, 3.63) is 42.1 Å². The predicted molar refractivity (Wildman–Crippen MR) is 122 cm³/mol. The Morgan fingerprint density at radius 2 is 1.97 bits per heavy atom. The monoisotopic (exact) mass is 454 g/mol. The number of benzene rings is 1. The summed E-state index contributed by atoms with van der Waals surface area (Å²) in [4.78, 5) is 22.1. The molecule has 0 spiro atoms. The number of hydrogen-bond donors (Lipinski definition) is 1. The van der Waals surface area contributed by atoms with E-state index >= 15 is 0 Å². The molecule has 1 aromatic carbocycles. The van der Waals surface area contributed by atoms with Crippen LogP contribution >= 0.6 is 0 Å². The molecular weight excluding hydrogens is 426 g/mol. The zero-order valence-electron chi connectivity index (χ0n) is 18.5. The fraction of sp³-hybridized carbons (Fsp3) is 0.520. The Kier molecular flexibility index (Phi) is 5.01. The van der Waals surface area contributed by atoms with Gasteiger partial charge in [-0.15, -0.1) is 0 Å².